The van der Waals surface area contributed by atoms with Gasteiger partial charge in [0.25, 0.3) is 0 Å². The molecule has 2 N–H and O–H groups in total. The van der Waals surface area contributed by atoms with Gasteiger partial charge < -0.3 is 10.3 Å². The zero-order chi connectivity index (χ0) is 12.5. The van der Waals surface area contributed by atoms with Crippen LogP contribution in [0.25, 0.3) is 0 Å². The van der Waals surface area contributed by atoms with E-state index in [4.69, 9.17) is 10.3 Å². The van der Waals surface area contributed by atoms with Crippen molar-refractivity contribution < 1.29 is 4.52 Å². The second-order valence-corrected chi connectivity index (χ2v) is 4.84. The summed E-state index contributed by atoms with van der Waals surface area (Å²) in [6, 6.07) is 8.26. The van der Waals surface area contributed by atoms with Crippen LogP contribution in [0.4, 0.5) is 0 Å². The van der Waals surface area contributed by atoms with Gasteiger partial charge in [0, 0.05) is 0 Å². The van der Waals surface area contributed by atoms with Gasteiger partial charge in [-0.05, 0) is 24.0 Å². The third-order valence-electron chi connectivity index (χ3n) is 3.54. The summed E-state index contributed by atoms with van der Waals surface area (Å²) < 4.78 is 5.26. The van der Waals surface area contributed by atoms with Crippen LogP contribution in [-0.2, 0) is 6.42 Å². The van der Waals surface area contributed by atoms with Crippen molar-refractivity contribution >= 4 is 0 Å². The van der Waals surface area contributed by atoms with Gasteiger partial charge in [0.1, 0.15) is 0 Å². The molecule has 2 atom stereocenters. The molecular weight excluding hydrogens is 226 g/mol. The molecule has 0 radical (unpaired) electrons. The molecule has 1 aromatic carbocycles. The molecule has 4 nitrogen and oxygen atoms in total. The molecule has 1 aromatic heterocycles. The zero-order valence-electron chi connectivity index (χ0n) is 10.5. The van der Waals surface area contributed by atoms with Crippen molar-refractivity contribution in [2.24, 2.45) is 5.73 Å². The molecule has 1 aliphatic rings. The Morgan fingerprint density at radius 2 is 2.28 bits per heavy atom. The standard InChI is InChI=1S/C14H17N3O/c1-2-5-12(15)14-16-13(17-18-14)11-8-9-6-3-4-7-10(9)11/h3-4,6-7,11-12H,2,5,8,15H2,1H3/t11?,12-/m0/s1. The Morgan fingerprint density at radius 3 is 3.06 bits per heavy atom. The molecule has 4 heteroatoms. The van der Waals surface area contributed by atoms with Crippen molar-refractivity contribution in [1.82, 2.24) is 10.1 Å². The quantitative estimate of drug-likeness (QED) is 0.896. The second kappa shape index (κ2) is 4.53. The molecule has 0 aliphatic heterocycles. The lowest BCUT2D eigenvalue weighted by Crippen LogP contribution is -2.19. The molecular formula is C14H17N3O. The van der Waals surface area contributed by atoms with E-state index >= 15 is 0 Å². The average Bonchev–Trinajstić information content (AvgIpc) is 2.80. The molecule has 0 fully saturated rings. The highest BCUT2D eigenvalue weighted by Gasteiger charge is 2.31. The van der Waals surface area contributed by atoms with Gasteiger partial charge in [-0.2, -0.15) is 4.98 Å². The summed E-state index contributed by atoms with van der Waals surface area (Å²) in [5, 5.41) is 4.07. The lowest BCUT2D eigenvalue weighted by molar-refractivity contribution is 0.342. The highest BCUT2D eigenvalue weighted by atomic mass is 16.5. The predicted octanol–water partition coefficient (Wildman–Crippen LogP) is 2.56. The van der Waals surface area contributed by atoms with Crippen molar-refractivity contribution in [1.29, 1.82) is 0 Å². The van der Waals surface area contributed by atoms with E-state index in [1.807, 2.05) is 0 Å². The summed E-state index contributed by atoms with van der Waals surface area (Å²) in [4.78, 5) is 4.45. The molecule has 0 amide bonds. The topological polar surface area (TPSA) is 64.9 Å². The van der Waals surface area contributed by atoms with Crippen LogP contribution < -0.4 is 5.73 Å². The Hall–Kier alpha value is -1.68. The van der Waals surface area contributed by atoms with E-state index in [9.17, 15) is 0 Å². The number of nitrogens with zero attached hydrogens (tertiary/aromatic N) is 2. The molecule has 1 heterocycles. The number of rotatable bonds is 4. The smallest absolute Gasteiger partial charge is 0.243 e. The normalized spacial score (nSPS) is 19.1. The molecule has 0 spiro atoms. The van der Waals surface area contributed by atoms with Crippen molar-refractivity contribution in [2.45, 2.75) is 38.1 Å². The Bertz CT molecular complexity index is 549. The summed E-state index contributed by atoms with van der Waals surface area (Å²) >= 11 is 0. The van der Waals surface area contributed by atoms with Gasteiger partial charge in [-0.1, -0.05) is 42.8 Å². The fourth-order valence-electron chi connectivity index (χ4n) is 2.46. The Labute approximate surface area is 106 Å². The van der Waals surface area contributed by atoms with Gasteiger partial charge >= 0.3 is 0 Å². The van der Waals surface area contributed by atoms with Gasteiger partial charge in [-0.3, -0.25) is 0 Å². The fourth-order valence-corrected chi connectivity index (χ4v) is 2.46. The molecule has 2 aromatic rings. The van der Waals surface area contributed by atoms with Crippen LogP contribution in [0.3, 0.4) is 0 Å². The zero-order valence-corrected chi connectivity index (χ0v) is 10.5. The van der Waals surface area contributed by atoms with E-state index in [1.54, 1.807) is 0 Å². The second-order valence-electron chi connectivity index (χ2n) is 4.84. The van der Waals surface area contributed by atoms with Gasteiger partial charge in [-0.15, -0.1) is 0 Å². The van der Waals surface area contributed by atoms with E-state index in [-0.39, 0.29) is 12.0 Å². The Morgan fingerprint density at radius 1 is 1.44 bits per heavy atom. The average molecular weight is 243 g/mol. The minimum atomic E-state index is -0.133. The maximum Gasteiger partial charge on any atom is 0.243 e. The van der Waals surface area contributed by atoms with E-state index in [0.29, 0.717) is 5.89 Å². The molecule has 0 saturated heterocycles. The maximum absolute atomic E-state index is 5.98. The molecule has 3 rings (SSSR count). The minimum Gasteiger partial charge on any atom is -0.338 e. The summed E-state index contributed by atoms with van der Waals surface area (Å²) in [6.07, 6.45) is 2.90. The van der Waals surface area contributed by atoms with E-state index < -0.39 is 0 Å². The van der Waals surface area contributed by atoms with E-state index in [0.717, 1.165) is 25.1 Å². The number of benzene rings is 1. The number of nitrogens with two attached hydrogens (primary N) is 1. The van der Waals surface area contributed by atoms with Crippen LogP contribution in [0.1, 0.15) is 54.6 Å². The van der Waals surface area contributed by atoms with Crippen molar-refractivity contribution in [2.75, 3.05) is 0 Å². The first-order chi connectivity index (χ1) is 8.79. The first kappa shape index (κ1) is 11.4. The van der Waals surface area contributed by atoms with Gasteiger partial charge in [0.2, 0.25) is 5.89 Å². The highest BCUT2D eigenvalue weighted by Crippen LogP contribution is 2.38. The maximum atomic E-state index is 5.98. The van der Waals surface area contributed by atoms with Crippen LogP contribution in [0.5, 0.6) is 0 Å². The van der Waals surface area contributed by atoms with Crippen molar-refractivity contribution in [3.05, 3.63) is 47.1 Å². The SMILES string of the molecule is CCC[C@H](N)c1nc(C2Cc3ccccc32)no1. The number of fused-ring (bicyclic) bond motifs is 1. The molecule has 0 saturated carbocycles. The molecule has 1 aliphatic carbocycles. The summed E-state index contributed by atoms with van der Waals surface area (Å²) in [6.45, 7) is 2.10. The van der Waals surface area contributed by atoms with Crippen molar-refractivity contribution in [3.63, 3.8) is 0 Å². The molecule has 0 bridgehead atoms. The number of hydrogen-bond donors (Lipinski definition) is 1. The minimum absolute atomic E-state index is 0.133. The first-order valence-corrected chi connectivity index (χ1v) is 6.46. The molecule has 94 valence electrons. The van der Waals surface area contributed by atoms with Gasteiger partial charge in [-0.25, -0.2) is 0 Å². The lowest BCUT2D eigenvalue weighted by Gasteiger charge is -2.27. The van der Waals surface area contributed by atoms with Crippen LogP contribution in [-0.4, -0.2) is 10.1 Å². The predicted molar refractivity (Wildman–Crippen MR) is 68.1 cm³/mol. The third kappa shape index (κ3) is 1.82. The van der Waals surface area contributed by atoms with Gasteiger partial charge in [0.15, 0.2) is 5.82 Å². The van der Waals surface area contributed by atoms with Crippen LogP contribution >= 0.6 is 0 Å². The summed E-state index contributed by atoms with van der Waals surface area (Å²) in [5.74, 6) is 1.62. The molecule has 1 unspecified atom stereocenters. The van der Waals surface area contributed by atoms with Crippen molar-refractivity contribution in [3.8, 4) is 0 Å². The van der Waals surface area contributed by atoms with Crippen LogP contribution in [0, 0.1) is 0 Å². The van der Waals surface area contributed by atoms with Gasteiger partial charge in [0.05, 0.1) is 12.0 Å². The Kier molecular flexibility index (Phi) is 2.88. The third-order valence-corrected chi connectivity index (χ3v) is 3.54. The van der Waals surface area contributed by atoms with Crippen LogP contribution in [0.2, 0.25) is 0 Å². The first-order valence-electron chi connectivity index (χ1n) is 6.46. The molecule has 18 heavy (non-hydrogen) atoms. The monoisotopic (exact) mass is 243 g/mol. The highest BCUT2D eigenvalue weighted by molar-refractivity contribution is 5.43. The summed E-state index contributed by atoms with van der Waals surface area (Å²) in [7, 11) is 0. The largest absolute Gasteiger partial charge is 0.338 e. The number of aromatic nitrogens is 2. The fraction of sp³-hybridized carbons (Fsp3) is 0.429. The number of hydrogen-bond acceptors (Lipinski definition) is 4. The lowest BCUT2D eigenvalue weighted by atomic mass is 9.77. The van der Waals surface area contributed by atoms with E-state index in [1.165, 1.54) is 11.1 Å². The summed E-state index contributed by atoms with van der Waals surface area (Å²) in [5.41, 5.74) is 8.67. The van der Waals surface area contributed by atoms with Crippen LogP contribution in [0.15, 0.2) is 28.8 Å². The van der Waals surface area contributed by atoms with E-state index in [2.05, 4.69) is 41.3 Å². The Balaban J connectivity index is 1.80.